The second-order valence-corrected chi connectivity index (χ2v) is 13.0. The number of aromatic nitrogens is 1. The molecule has 10 nitrogen and oxygen atoms in total. The number of amides is 2. The molecular formula is C33H46Cl2N6O4. The van der Waals surface area contributed by atoms with E-state index in [4.69, 9.17) is 28.0 Å². The minimum Gasteiger partial charge on any atom is -0.393 e. The van der Waals surface area contributed by atoms with Gasteiger partial charge in [0.25, 0.3) is 5.91 Å². The summed E-state index contributed by atoms with van der Waals surface area (Å²) in [5.74, 6) is 0.600. The molecule has 1 aromatic carbocycles. The number of anilines is 1. The fourth-order valence-corrected chi connectivity index (χ4v) is 6.45. The zero-order chi connectivity index (χ0) is 32.5. The van der Waals surface area contributed by atoms with Crippen molar-refractivity contribution in [3.05, 3.63) is 57.2 Å². The van der Waals surface area contributed by atoms with Gasteiger partial charge in [0.05, 0.1) is 28.9 Å². The fourth-order valence-electron chi connectivity index (χ4n) is 6.14. The van der Waals surface area contributed by atoms with E-state index < -0.39 is 0 Å². The van der Waals surface area contributed by atoms with Crippen LogP contribution in [0.3, 0.4) is 0 Å². The first-order chi connectivity index (χ1) is 21.6. The maximum Gasteiger partial charge on any atom is 0.254 e. The summed E-state index contributed by atoms with van der Waals surface area (Å²) in [6.07, 6.45) is 5.37. The summed E-state index contributed by atoms with van der Waals surface area (Å²) < 4.78 is 0. The van der Waals surface area contributed by atoms with Crippen LogP contribution in [-0.2, 0) is 9.63 Å². The molecule has 2 amide bonds. The number of likely N-dealkylation sites (tertiary alicyclic amines) is 2. The second-order valence-electron chi connectivity index (χ2n) is 12.2. The molecule has 2 saturated heterocycles. The average Bonchev–Trinajstić information content (AvgIpc) is 3.02. The number of rotatable bonds is 13. The van der Waals surface area contributed by atoms with Gasteiger partial charge >= 0.3 is 0 Å². The van der Waals surface area contributed by atoms with E-state index in [9.17, 15) is 14.7 Å². The molecule has 0 aliphatic carbocycles. The summed E-state index contributed by atoms with van der Waals surface area (Å²) in [5, 5.41) is 14.8. The molecule has 1 atom stereocenters. The smallest absolute Gasteiger partial charge is 0.254 e. The van der Waals surface area contributed by atoms with Crippen LogP contribution < -0.4 is 4.90 Å². The Morgan fingerprint density at radius 1 is 1.11 bits per heavy atom. The third-order valence-corrected chi connectivity index (χ3v) is 9.33. The maximum absolute atomic E-state index is 13.7. The summed E-state index contributed by atoms with van der Waals surface area (Å²) in [5.41, 5.74) is 2.84. The van der Waals surface area contributed by atoms with E-state index in [2.05, 4.69) is 19.9 Å². The molecule has 2 aliphatic heterocycles. The number of aliphatic hydroxyl groups is 1. The Bertz CT molecular complexity index is 1350. The minimum absolute atomic E-state index is 0.0354. The monoisotopic (exact) mass is 660 g/mol. The van der Waals surface area contributed by atoms with Gasteiger partial charge in [-0.05, 0) is 75.4 Å². The van der Waals surface area contributed by atoms with Gasteiger partial charge in [-0.25, -0.2) is 4.98 Å². The van der Waals surface area contributed by atoms with Crippen LogP contribution in [0.25, 0.3) is 0 Å². The van der Waals surface area contributed by atoms with Gasteiger partial charge in [0.15, 0.2) is 0 Å². The zero-order valence-corrected chi connectivity index (χ0v) is 28.4. The number of halogens is 2. The van der Waals surface area contributed by atoms with Crippen molar-refractivity contribution in [1.82, 2.24) is 19.7 Å². The van der Waals surface area contributed by atoms with Crippen molar-refractivity contribution in [2.45, 2.75) is 57.4 Å². The predicted octanol–water partition coefficient (Wildman–Crippen LogP) is 4.85. The Labute approximate surface area is 276 Å². The molecule has 4 rings (SSSR count). The third-order valence-electron chi connectivity index (χ3n) is 8.60. The molecule has 1 N–H and O–H groups in total. The molecule has 3 heterocycles. The number of hydrogen-bond donors (Lipinski definition) is 1. The highest BCUT2D eigenvalue weighted by atomic mass is 35.5. The molecule has 0 spiro atoms. The maximum atomic E-state index is 13.7. The molecular weight excluding hydrogens is 615 g/mol. The summed E-state index contributed by atoms with van der Waals surface area (Å²) in [7, 11) is 5.52. The normalized spacial score (nSPS) is 17.4. The number of oxime groups is 1. The molecule has 2 fully saturated rings. The van der Waals surface area contributed by atoms with E-state index in [1.807, 2.05) is 38.1 Å². The Morgan fingerprint density at radius 3 is 2.53 bits per heavy atom. The van der Waals surface area contributed by atoms with E-state index >= 15 is 0 Å². The highest BCUT2D eigenvalue weighted by molar-refractivity contribution is 6.42. The van der Waals surface area contributed by atoms with Gasteiger partial charge in [-0.2, -0.15) is 0 Å². The van der Waals surface area contributed by atoms with Crippen molar-refractivity contribution >= 4 is 46.5 Å². The van der Waals surface area contributed by atoms with Gasteiger partial charge in [-0.3, -0.25) is 9.59 Å². The lowest BCUT2D eigenvalue weighted by atomic mass is 9.89. The van der Waals surface area contributed by atoms with Gasteiger partial charge in [-0.1, -0.05) is 34.4 Å². The first kappa shape index (κ1) is 34.9. The van der Waals surface area contributed by atoms with Crippen molar-refractivity contribution in [2.24, 2.45) is 5.16 Å². The average molecular weight is 662 g/mol. The second kappa shape index (κ2) is 16.6. The Balaban J connectivity index is 1.53. The largest absolute Gasteiger partial charge is 0.393 e. The molecule has 0 bridgehead atoms. The number of aliphatic hydroxyl groups excluding tert-OH is 1. The number of carbonyl (C=O) groups excluding carboxylic acids is 2. The number of nitrogens with zero attached hydrogens (tertiary/aromatic N) is 6. The molecule has 1 aromatic heterocycles. The van der Waals surface area contributed by atoms with Crippen LogP contribution in [0.2, 0.25) is 10.0 Å². The van der Waals surface area contributed by atoms with Crippen LogP contribution >= 0.6 is 23.2 Å². The quantitative estimate of drug-likeness (QED) is 0.186. The molecule has 246 valence electrons. The summed E-state index contributed by atoms with van der Waals surface area (Å²) in [6, 6.07) is 9.43. The van der Waals surface area contributed by atoms with Crippen LogP contribution in [0.15, 0.2) is 35.5 Å². The molecule has 0 radical (unpaired) electrons. The van der Waals surface area contributed by atoms with Gasteiger partial charge in [0.1, 0.15) is 12.4 Å². The first-order valence-electron chi connectivity index (χ1n) is 15.7. The van der Waals surface area contributed by atoms with Crippen LogP contribution in [-0.4, -0.2) is 115 Å². The van der Waals surface area contributed by atoms with E-state index in [1.165, 1.54) is 0 Å². The molecule has 1 unspecified atom stereocenters. The SMILES string of the molecule is Cc1cc(C(=O)N(C)CC(=NOCCO)C(CCN2CCC(N3CCCCC3=O)CC2)c2ccc(Cl)c(Cl)c2)cc(N(C)C)n1. The Morgan fingerprint density at radius 2 is 1.87 bits per heavy atom. The van der Waals surface area contributed by atoms with Crippen LogP contribution in [0.1, 0.15) is 66.1 Å². The molecule has 2 aromatic rings. The highest BCUT2D eigenvalue weighted by Gasteiger charge is 2.30. The summed E-state index contributed by atoms with van der Waals surface area (Å²) >= 11 is 12.8. The highest BCUT2D eigenvalue weighted by Crippen LogP contribution is 2.31. The van der Waals surface area contributed by atoms with Gasteiger partial charge in [-0.15, -0.1) is 0 Å². The molecule has 0 saturated carbocycles. The number of aryl methyl sites for hydroxylation is 1. The molecule has 2 aliphatic rings. The van der Waals surface area contributed by atoms with Crippen molar-refractivity contribution in [1.29, 1.82) is 0 Å². The fraction of sp³-hybridized carbons (Fsp3) is 0.576. The standard InChI is InChI=1S/C33H46Cl2N6O4/c1-23-19-25(21-31(36-23)38(2)3)33(44)39(4)22-30(37-45-18-17-42)27(24-8-9-28(34)29(35)20-24)12-16-40-14-10-26(11-15-40)41-13-6-5-7-32(41)43/h8-9,19-21,26-27,42H,5-7,10-18,22H2,1-4H3. The van der Waals surface area contributed by atoms with E-state index in [0.29, 0.717) is 51.9 Å². The van der Waals surface area contributed by atoms with E-state index in [0.717, 1.165) is 63.1 Å². The number of hydrogen-bond acceptors (Lipinski definition) is 8. The number of piperidine rings is 2. The lowest BCUT2D eigenvalue weighted by Gasteiger charge is -2.40. The van der Waals surface area contributed by atoms with Crippen LogP contribution in [0.5, 0.6) is 0 Å². The first-order valence-corrected chi connectivity index (χ1v) is 16.5. The Kier molecular flexibility index (Phi) is 12.9. The predicted molar refractivity (Wildman–Crippen MR) is 180 cm³/mol. The van der Waals surface area contributed by atoms with Crippen molar-refractivity contribution < 1.29 is 19.5 Å². The minimum atomic E-state index is -0.230. The molecule has 12 heteroatoms. The van der Waals surface area contributed by atoms with Crippen LogP contribution in [0, 0.1) is 6.92 Å². The van der Waals surface area contributed by atoms with E-state index in [-0.39, 0.29) is 31.6 Å². The molecule has 45 heavy (non-hydrogen) atoms. The van der Waals surface area contributed by atoms with Crippen molar-refractivity contribution in [2.75, 3.05) is 72.0 Å². The lowest BCUT2D eigenvalue weighted by Crippen LogP contribution is -2.49. The summed E-state index contributed by atoms with van der Waals surface area (Å²) in [6.45, 7) is 5.40. The van der Waals surface area contributed by atoms with Crippen molar-refractivity contribution in [3.8, 4) is 0 Å². The van der Waals surface area contributed by atoms with Crippen molar-refractivity contribution in [3.63, 3.8) is 0 Å². The zero-order valence-electron chi connectivity index (χ0n) is 26.8. The number of carbonyl (C=O) groups is 2. The Hall–Kier alpha value is -2.92. The lowest BCUT2D eigenvalue weighted by molar-refractivity contribution is -0.136. The topological polar surface area (TPSA) is 102 Å². The van der Waals surface area contributed by atoms with Gasteiger partial charge in [0.2, 0.25) is 5.91 Å². The summed E-state index contributed by atoms with van der Waals surface area (Å²) in [4.78, 5) is 44.2. The third kappa shape index (κ3) is 9.54. The van der Waals surface area contributed by atoms with Gasteiger partial charge in [0, 0.05) is 70.4 Å². The van der Waals surface area contributed by atoms with Gasteiger partial charge < -0.3 is 29.5 Å². The number of benzene rings is 1. The van der Waals surface area contributed by atoms with Crippen LogP contribution in [0.4, 0.5) is 5.82 Å². The van der Waals surface area contributed by atoms with E-state index in [1.54, 1.807) is 30.1 Å². The number of pyridine rings is 1.